The fourth-order valence-electron chi connectivity index (χ4n) is 1.54. The minimum absolute atomic E-state index is 0.800. The van der Waals surface area contributed by atoms with Crippen molar-refractivity contribution in [2.75, 3.05) is 0 Å². The summed E-state index contributed by atoms with van der Waals surface area (Å²) in [7, 11) is 0. The summed E-state index contributed by atoms with van der Waals surface area (Å²) in [5, 5.41) is 0.800. The summed E-state index contributed by atoms with van der Waals surface area (Å²) in [6.07, 6.45) is 0. The highest BCUT2D eigenvalue weighted by Gasteiger charge is 2.04. The van der Waals surface area contributed by atoms with E-state index < -0.39 is 0 Å². The van der Waals surface area contributed by atoms with Gasteiger partial charge >= 0.3 is 0 Å². The van der Waals surface area contributed by atoms with Crippen LogP contribution in [-0.4, -0.2) is 0 Å². The van der Waals surface area contributed by atoms with E-state index >= 15 is 0 Å². The average molecular weight is 232 g/mol. The lowest BCUT2D eigenvalue weighted by Crippen LogP contribution is -1.87. The number of rotatable bonds is 2. The number of hydrogen-bond acceptors (Lipinski definition) is 1. The van der Waals surface area contributed by atoms with E-state index in [4.69, 9.17) is 16.3 Å². The van der Waals surface area contributed by atoms with Crippen molar-refractivity contribution in [3.05, 3.63) is 58.6 Å². The molecular formula is C14H12ClO. The molecule has 0 heterocycles. The van der Waals surface area contributed by atoms with E-state index in [1.54, 1.807) is 0 Å². The zero-order valence-corrected chi connectivity index (χ0v) is 10.0. The minimum atomic E-state index is 0.800. The molecule has 2 aromatic rings. The molecule has 0 saturated carbocycles. The maximum absolute atomic E-state index is 6.09. The Morgan fingerprint density at radius 1 is 1.00 bits per heavy atom. The van der Waals surface area contributed by atoms with E-state index in [2.05, 4.69) is 6.07 Å². The zero-order chi connectivity index (χ0) is 11.5. The summed E-state index contributed by atoms with van der Waals surface area (Å²) < 4.78 is 5.72. The van der Waals surface area contributed by atoms with Gasteiger partial charge in [-0.2, -0.15) is 0 Å². The maximum atomic E-state index is 6.09. The average Bonchev–Trinajstić information content (AvgIpc) is 2.27. The summed E-state index contributed by atoms with van der Waals surface area (Å²) in [5.74, 6) is 1.62. The Bertz CT molecular complexity index is 468. The minimum Gasteiger partial charge on any atom is -0.457 e. The predicted octanol–water partition coefficient (Wildman–Crippen LogP) is 4.55. The zero-order valence-electron chi connectivity index (χ0n) is 9.25. The fraction of sp³-hybridized carbons (Fsp3) is 0.143. The van der Waals surface area contributed by atoms with Gasteiger partial charge in [0.2, 0.25) is 0 Å². The van der Waals surface area contributed by atoms with Crippen LogP contribution in [0.3, 0.4) is 0 Å². The van der Waals surface area contributed by atoms with Crippen LogP contribution in [-0.2, 0) is 0 Å². The van der Waals surface area contributed by atoms with Crippen molar-refractivity contribution >= 4 is 11.6 Å². The lowest BCUT2D eigenvalue weighted by atomic mass is 10.1. The second-order valence-electron chi connectivity index (χ2n) is 3.71. The summed E-state index contributed by atoms with van der Waals surface area (Å²) in [5.41, 5.74) is 2.05. The van der Waals surface area contributed by atoms with Gasteiger partial charge in [-0.3, -0.25) is 0 Å². The molecule has 1 nitrogen and oxygen atoms in total. The predicted molar refractivity (Wildman–Crippen MR) is 66.3 cm³/mol. The van der Waals surface area contributed by atoms with Crippen LogP contribution in [0, 0.1) is 19.9 Å². The molecule has 0 atom stereocenters. The van der Waals surface area contributed by atoms with Gasteiger partial charge < -0.3 is 4.74 Å². The van der Waals surface area contributed by atoms with Crippen molar-refractivity contribution in [2.45, 2.75) is 13.8 Å². The monoisotopic (exact) mass is 231 g/mol. The second kappa shape index (κ2) is 4.58. The molecule has 0 amide bonds. The van der Waals surface area contributed by atoms with E-state index in [0.717, 1.165) is 27.6 Å². The molecule has 0 aromatic heterocycles. The highest BCUT2D eigenvalue weighted by atomic mass is 35.5. The summed E-state index contributed by atoms with van der Waals surface area (Å²) >= 11 is 6.09. The Morgan fingerprint density at radius 2 is 1.56 bits per heavy atom. The van der Waals surface area contributed by atoms with Crippen LogP contribution in [0.1, 0.15) is 11.1 Å². The third-order valence-electron chi connectivity index (χ3n) is 2.33. The van der Waals surface area contributed by atoms with Crippen LogP contribution in [0.2, 0.25) is 5.02 Å². The SMILES string of the molecule is Cc1cc(Oc2cc[c]cc2)cc(C)c1Cl. The third-order valence-corrected chi connectivity index (χ3v) is 2.93. The Labute approximate surface area is 101 Å². The van der Waals surface area contributed by atoms with Crippen LogP contribution < -0.4 is 4.74 Å². The summed E-state index contributed by atoms with van der Waals surface area (Å²) in [6, 6.07) is 14.2. The van der Waals surface area contributed by atoms with E-state index in [0.29, 0.717) is 0 Å². The Hall–Kier alpha value is -1.47. The Kier molecular flexibility index (Phi) is 3.16. The third kappa shape index (κ3) is 2.37. The van der Waals surface area contributed by atoms with E-state index in [9.17, 15) is 0 Å². The molecule has 2 aromatic carbocycles. The standard InChI is InChI=1S/C14H12ClO/c1-10-8-13(9-11(2)14(10)15)16-12-6-4-3-5-7-12/h4-9H,1-2H3. The van der Waals surface area contributed by atoms with Gasteiger partial charge in [-0.25, -0.2) is 0 Å². The van der Waals surface area contributed by atoms with Crippen molar-refractivity contribution in [3.63, 3.8) is 0 Å². The van der Waals surface area contributed by atoms with Gasteiger partial charge in [0.05, 0.1) is 0 Å². The maximum Gasteiger partial charge on any atom is 0.128 e. The van der Waals surface area contributed by atoms with Crippen molar-refractivity contribution in [1.29, 1.82) is 0 Å². The second-order valence-corrected chi connectivity index (χ2v) is 4.09. The lowest BCUT2D eigenvalue weighted by Gasteiger charge is -2.09. The van der Waals surface area contributed by atoms with Crippen LogP contribution in [0.25, 0.3) is 0 Å². The van der Waals surface area contributed by atoms with Gasteiger partial charge in [0.15, 0.2) is 0 Å². The van der Waals surface area contributed by atoms with Gasteiger partial charge in [-0.15, -0.1) is 0 Å². The van der Waals surface area contributed by atoms with Crippen LogP contribution >= 0.6 is 11.6 Å². The van der Waals surface area contributed by atoms with Crippen molar-refractivity contribution < 1.29 is 4.74 Å². The normalized spacial score (nSPS) is 10.2. The Balaban J connectivity index is 2.29. The number of aryl methyl sites for hydroxylation is 2. The van der Waals surface area contributed by atoms with E-state index in [1.807, 2.05) is 50.2 Å². The van der Waals surface area contributed by atoms with Gasteiger partial charge in [-0.05, 0) is 55.3 Å². The molecule has 0 aliphatic rings. The van der Waals surface area contributed by atoms with Crippen molar-refractivity contribution in [1.82, 2.24) is 0 Å². The number of benzene rings is 2. The number of hydrogen-bond donors (Lipinski definition) is 0. The first-order valence-electron chi connectivity index (χ1n) is 5.07. The summed E-state index contributed by atoms with van der Waals surface area (Å²) in [4.78, 5) is 0. The highest BCUT2D eigenvalue weighted by molar-refractivity contribution is 6.32. The molecule has 0 N–H and O–H groups in total. The van der Waals surface area contributed by atoms with Gasteiger partial charge in [0, 0.05) is 5.02 Å². The molecule has 2 rings (SSSR count). The highest BCUT2D eigenvalue weighted by Crippen LogP contribution is 2.28. The topological polar surface area (TPSA) is 9.23 Å². The lowest BCUT2D eigenvalue weighted by molar-refractivity contribution is 0.482. The largest absolute Gasteiger partial charge is 0.457 e. The molecule has 1 radical (unpaired) electrons. The molecule has 0 aliphatic carbocycles. The molecule has 2 heteroatoms. The van der Waals surface area contributed by atoms with Crippen LogP contribution in [0.5, 0.6) is 11.5 Å². The molecule has 0 aliphatic heterocycles. The molecule has 0 fully saturated rings. The van der Waals surface area contributed by atoms with Gasteiger partial charge in [0.1, 0.15) is 11.5 Å². The first-order valence-corrected chi connectivity index (χ1v) is 5.45. The number of halogens is 1. The van der Waals surface area contributed by atoms with Gasteiger partial charge in [-0.1, -0.05) is 23.7 Å². The molecule has 0 spiro atoms. The first-order chi connectivity index (χ1) is 7.66. The molecule has 0 bridgehead atoms. The quantitative estimate of drug-likeness (QED) is 0.737. The Morgan fingerprint density at radius 3 is 2.12 bits per heavy atom. The van der Waals surface area contributed by atoms with Crippen LogP contribution in [0.4, 0.5) is 0 Å². The molecule has 16 heavy (non-hydrogen) atoms. The van der Waals surface area contributed by atoms with Crippen LogP contribution in [0.15, 0.2) is 36.4 Å². The van der Waals surface area contributed by atoms with E-state index in [-0.39, 0.29) is 0 Å². The van der Waals surface area contributed by atoms with E-state index in [1.165, 1.54) is 0 Å². The smallest absolute Gasteiger partial charge is 0.128 e. The van der Waals surface area contributed by atoms with Gasteiger partial charge in [0.25, 0.3) is 0 Å². The van der Waals surface area contributed by atoms with Crippen molar-refractivity contribution in [3.8, 4) is 11.5 Å². The summed E-state index contributed by atoms with van der Waals surface area (Å²) in [6.45, 7) is 3.95. The number of ether oxygens (including phenoxy) is 1. The molecule has 0 unspecified atom stereocenters. The molecule has 0 saturated heterocycles. The molecule has 81 valence electrons. The fourth-order valence-corrected chi connectivity index (χ4v) is 1.65. The van der Waals surface area contributed by atoms with Crippen molar-refractivity contribution in [2.24, 2.45) is 0 Å². The first kappa shape index (κ1) is 11.0. The molecular weight excluding hydrogens is 220 g/mol.